The summed E-state index contributed by atoms with van der Waals surface area (Å²) in [6.07, 6.45) is 7.71. The molecule has 25 heavy (non-hydrogen) atoms. The molecule has 2 rings (SSSR count). The molecule has 0 fully saturated rings. The number of nitrogens with one attached hydrogen (secondary N) is 1. The standard InChI is InChI=1S/C19H28N2O3S/c1-14-10-15(2)12-18(11-14)21(25(4,23)24)16(3)19(22)20-13-17-8-6-5-7-9-17/h8,10-12,16H,5-7,9,13H2,1-4H3,(H,20,22)/t16-/m0/s1. The van der Waals surface area contributed by atoms with Crippen molar-refractivity contribution in [3.63, 3.8) is 0 Å². The van der Waals surface area contributed by atoms with Crippen LogP contribution < -0.4 is 9.62 Å². The first-order valence-electron chi connectivity index (χ1n) is 8.72. The van der Waals surface area contributed by atoms with Gasteiger partial charge in [-0.2, -0.15) is 0 Å². The third-order valence-corrected chi connectivity index (χ3v) is 5.67. The Morgan fingerprint density at radius 3 is 2.36 bits per heavy atom. The van der Waals surface area contributed by atoms with E-state index in [-0.39, 0.29) is 5.91 Å². The van der Waals surface area contributed by atoms with Crippen molar-refractivity contribution >= 4 is 21.6 Å². The first-order chi connectivity index (χ1) is 11.7. The predicted molar refractivity (Wildman–Crippen MR) is 102 cm³/mol. The van der Waals surface area contributed by atoms with Crippen molar-refractivity contribution in [1.29, 1.82) is 0 Å². The van der Waals surface area contributed by atoms with Crippen LogP contribution in [0.2, 0.25) is 0 Å². The van der Waals surface area contributed by atoms with E-state index in [9.17, 15) is 13.2 Å². The molecule has 1 aliphatic carbocycles. The molecule has 1 amide bonds. The average molecular weight is 365 g/mol. The monoisotopic (exact) mass is 364 g/mol. The van der Waals surface area contributed by atoms with Crippen LogP contribution in [0.5, 0.6) is 0 Å². The molecule has 0 aromatic heterocycles. The summed E-state index contributed by atoms with van der Waals surface area (Å²) >= 11 is 0. The van der Waals surface area contributed by atoms with E-state index in [1.54, 1.807) is 19.1 Å². The van der Waals surface area contributed by atoms with E-state index in [0.29, 0.717) is 12.2 Å². The SMILES string of the molecule is Cc1cc(C)cc(N([C@@H](C)C(=O)NCC2=CCCCC2)S(C)(=O)=O)c1. The lowest BCUT2D eigenvalue weighted by atomic mass is 10.00. The molecule has 0 saturated heterocycles. The van der Waals surface area contributed by atoms with E-state index in [1.807, 2.05) is 19.9 Å². The first-order valence-corrected chi connectivity index (χ1v) is 10.6. The number of hydrogen-bond acceptors (Lipinski definition) is 3. The van der Waals surface area contributed by atoms with Crippen LogP contribution in [0.25, 0.3) is 0 Å². The number of allylic oxidation sites excluding steroid dienone is 1. The van der Waals surface area contributed by atoms with Gasteiger partial charge in [-0.15, -0.1) is 0 Å². The van der Waals surface area contributed by atoms with Gasteiger partial charge < -0.3 is 5.32 Å². The van der Waals surface area contributed by atoms with E-state index in [1.165, 1.54) is 16.3 Å². The Hall–Kier alpha value is -1.82. The number of carbonyl (C=O) groups excluding carboxylic acids is 1. The van der Waals surface area contributed by atoms with Crippen LogP contribution in [-0.2, 0) is 14.8 Å². The van der Waals surface area contributed by atoms with Gasteiger partial charge in [-0.25, -0.2) is 8.42 Å². The summed E-state index contributed by atoms with van der Waals surface area (Å²) < 4.78 is 25.9. The summed E-state index contributed by atoms with van der Waals surface area (Å²) in [6, 6.07) is 4.76. The Morgan fingerprint density at radius 2 is 1.84 bits per heavy atom. The zero-order valence-electron chi connectivity index (χ0n) is 15.5. The minimum absolute atomic E-state index is 0.281. The smallest absolute Gasteiger partial charge is 0.243 e. The fourth-order valence-electron chi connectivity index (χ4n) is 3.30. The summed E-state index contributed by atoms with van der Waals surface area (Å²) in [7, 11) is -3.58. The summed E-state index contributed by atoms with van der Waals surface area (Å²) in [4.78, 5) is 12.6. The third-order valence-electron chi connectivity index (χ3n) is 4.42. The fourth-order valence-corrected chi connectivity index (χ4v) is 4.46. The third kappa shape index (κ3) is 5.33. The molecule has 1 N–H and O–H groups in total. The van der Waals surface area contributed by atoms with Gasteiger partial charge in [0, 0.05) is 6.54 Å². The number of nitrogens with zero attached hydrogens (tertiary/aromatic N) is 1. The normalized spacial score (nSPS) is 16.1. The quantitative estimate of drug-likeness (QED) is 0.789. The number of aryl methyl sites for hydroxylation is 2. The summed E-state index contributed by atoms with van der Waals surface area (Å²) in [6.45, 7) is 5.95. The molecule has 5 nitrogen and oxygen atoms in total. The summed E-state index contributed by atoms with van der Waals surface area (Å²) in [5, 5.41) is 2.89. The molecule has 0 saturated carbocycles. The molecular formula is C19H28N2O3S. The second-order valence-corrected chi connectivity index (χ2v) is 8.77. The van der Waals surface area contributed by atoms with Gasteiger partial charge in [0.2, 0.25) is 15.9 Å². The van der Waals surface area contributed by atoms with Crippen molar-refractivity contribution in [1.82, 2.24) is 5.32 Å². The maximum atomic E-state index is 12.6. The van der Waals surface area contributed by atoms with Crippen LogP contribution in [0.4, 0.5) is 5.69 Å². The van der Waals surface area contributed by atoms with E-state index in [0.717, 1.165) is 36.6 Å². The molecular weight excluding hydrogens is 336 g/mol. The molecule has 1 aromatic rings. The molecule has 1 aromatic carbocycles. The molecule has 1 atom stereocenters. The molecule has 0 heterocycles. The fraction of sp³-hybridized carbons (Fsp3) is 0.526. The number of hydrogen-bond donors (Lipinski definition) is 1. The Balaban J connectivity index is 2.19. The zero-order chi connectivity index (χ0) is 18.6. The largest absolute Gasteiger partial charge is 0.351 e. The van der Waals surface area contributed by atoms with Gasteiger partial charge in [0.25, 0.3) is 0 Å². The topological polar surface area (TPSA) is 66.5 Å². The van der Waals surface area contributed by atoms with Crippen molar-refractivity contribution in [2.45, 2.75) is 52.5 Å². The lowest BCUT2D eigenvalue weighted by molar-refractivity contribution is -0.121. The second-order valence-electron chi connectivity index (χ2n) is 6.91. The van der Waals surface area contributed by atoms with Crippen LogP contribution in [0.15, 0.2) is 29.8 Å². The minimum Gasteiger partial charge on any atom is -0.351 e. The van der Waals surface area contributed by atoms with E-state index < -0.39 is 16.1 Å². The number of benzene rings is 1. The Kier molecular flexibility index (Phi) is 6.27. The van der Waals surface area contributed by atoms with E-state index >= 15 is 0 Å². The maximum absolute atomic E-state index is 12.6. The van der Waals surface area contributed by atoms with E-state index in [2.05, 4.69) is 11.4 Å². The molecule has 0 bridgehead atoms. The highest BCUT2D eigenvalue weighted by molar-refractivity contribution is 7.92. The van der Waals surface area contributed by atoms with Crippen LogP contribution in [0.3, 0.4) is 0 Å². The van der Waals surface area contributed by atoms with Crippen LogP contribution in [-0.4, -0.2) is 33.2 Å². The number of amides is 1. The van der Waals surface area contributed by atoms with Gasteiger partial charge in [0.1, 0.15) is 6.04 Å². The molecule has 1 aliphatic rings. The molecule has 138 valence electrons. The number of rotatable bonds is 6. The number of sulfonamides is 1. The van der Waals surface area contributed by atoms with Crippen LogP contribution in [0.1, 0.15) is 43.7 Å². The Bertz CT molecular complexity index is 749. The summed E-state index contributed by atoms with van der Waals surface area (Å²) in [5.74, 6) is -0.281. The van der Waals surface area contributed by atoms with Crippen molar-refractivity contribution in [3.8, 4) is 0 Å². The van der Waals surface area contributed by atoms with Gasteiger partial charge in [0.15, 0.2) is 0 Å². The average Bonchev–Trinajstić information content (AvgIpc) is 2.51. The highest BCUT2D eigenvalue weighted by Gasteiger charge is 2.29. The number of carbonyl (C=O) groups is 1. The summed E-state index contributed by atoms with van der Waals surface area (Å²) in [5.41, 5.74) is 3.68. The number of anilines is 1. The molecule has 0 unspecified atom stereocenters. The molecule has 6 heteroatoms. The van der Waals surface area contributed by atoms with Gasteiger partial charge in [-0.05, 0) is 69.7 Å². The predicted octanol–water partition coefficient (Wildman–Crippen LogP) is 3.07. The molecule has 0 radical (unpaired) electrons. The van der Waals surface area contributed by atoms with Gasteiger partial charge in [-0.3, -0.25) is 9.10 Å². The first kappa shape index (κ1) is 19.5. The lowest BCUT2D eigenvalue weighted by Crippen LogP contribution is -2.48. The lowest BCUT2D eigenvalue weighted by Gasteiger charge is -2.29. The molecule has 0 spiro atoms. The Morgan fingerprint density at radius 1 is 1.20 bits per heavy atom. The van der Waals surface area contributed by atoms with Crippen molar-refractivity contribution in [3.05, 3.63) is 41.0 Å². The minimum atomic E-state index is -3.58. The molecule has 0 aliphatic heterocycles. The van der Waals surface area contributed by atoms with Crippen molar-refractivity contribution in [2.24, 2.45) is 0 Å². The highest BCUT2D eigenvalue weighted by Crippen LogP contribution is 2.24. The van der Waals surface area contributed by atoms with Gasteiger partial charge in [-0.1, -0.05) is 17.7 Å². The zero-order valence-corrected chi connectivity index (χ0v) is 16.3. The van der Waals surface area contributed by atoms with Gasteiger partial charge >= 0.3 is 0 Å². The van der Waals surface area contributed by atoms with Crippen LogP contribution in [0, 0.1) is 13.8 Å². The van der Waals surface area contributed by atoms with Crippen molar-refractivity contribution < 1.29 is 13.2 Å². The maximum Gasteiger partial charge on any atom is 0.243 e. The van der Waals surface area contributed by atoms with E-state index in [4.69, 9.17) is 0 Å². The Labute approximate surface area is 151 Å². The van der Waals surface area contributed by atoms with Crippen molar-refractivity contribution in [2.75, 3.05) is 17.1 Å². The second kappa shape index (κ2) is 8.04. The van der Waals surface area contributed by atoms with Gasteiger partial charge in [0.05, 0.1) is 11.9 Å². The van der Waals surface area contributed by atoms with Crippen LogP contribution >= 0.6 is 0 Å². The highest BCUT2D eigenvalue weighted by atomic mass is 32.2.